The average Bonchev–Trinajstić information content (AvgIpc) is 3.14. The van der Waals surface area contributed by atoms with Crippen LogP contribution in [0.1, 0.15) is 41.0 Å². The molecule has 1 aliphatic carbocycles. The molecule has 0 N–H and O–H groups in total. The summed E-state index contributed by atoms with van der Waals surface area (Å²) in [7, 11) is 4.07. The molecule has 4 rings (SSSR count). The van der Waals surface area contributed by atoms with Gasteiger partial charge in [-0.3, -0.25) is 0 Å². The van der Waals surface area contributed by atoms with Gasteiger partial charge in [0, 0.05) is 23.7 Å². The van der Waals surface area contributed by atoms with Crippen molar-refractivity contribution in [2.24, 2.45) is 0 Å². The van der Waals surface area contributed by atoms with Crippen molar-refractivity contribution in [1.29, 1.82) is 0 Å². The second kappa shape index (κ2) is 8.06. The molecule has 0 aromatic heterocycles. The zero-order valence-corrected chi connectivity index (χ0v) is 16.8. The van der Waals surface area contributed by atoms with Crippen molar-refractivity contribution >= 4 is 11.8 Å². The number of nitrogens with zero attached hydrogens (tertiary/aromatic N) is 1. The van der Waals surface area contributed by atoms with Crippen LogP contribution < -0.4 is 4.74 Å². The fourth-order valence-electron chi connectivity index (χ4n) is 4.45. The molecule has 2 aromatic carbocycles. The van der Waals surface area contributed by atoms with Gasteiger partial charge in [0.25, 0.3) is 0 Å². The number of methoxy groups -OCH3 is 1. The van der Waals surface area contributed by atoms with E-state index >= 15 is 0 Å². The highest BCUT2D eigenvalue weighted by atomic mass is 32.2. The van der Waals surface area contributed by atoms with Crippen molar-refractivity contribution in [1.82, 2.24) is 4.90 Å². The van der Waals surface area contributed by atoms with E-state index in [-0.39, 0.29) is 0 Å². The zero-order chi connectivity index (χ0) is 17.9. The fraction of sp³-hybridized carbons (Fsp3) is 0.478. The Morgan fingerprint density at radius 1 is 1.19 bits per heavy atom. The highest BCUT2D eigenvalue weighted by molar-refractivity contribution is 7.99. The number of likely N-dealkylation sites (N-methyl/N-ethyl adjacent to an activating group) is 1. The molecule has 0 radical (unpaired) electrons. The molecule has 0 spiro atoms. The molecule has 0 saturated carbocycles. The number of aryl methyl sites for hydroxylation is 1. The third kappa shape index (κ3) is 3.79. The molecule has 0 bridgehead atoms. The Morgan fingerprint density at radius 2 is 2.12 bits per heavy atom. The summed E-state index contributed by atoms with van der Waals surface area (Å²) in [6.45, 7) is 2.26. The molecule has 3 heteroatoms. The van der Waals surface area contributed by atoms with Crippen molar-refractivity contribution in [3.05, 3.63) is 58.7 Å². The van der Waals surface area contributed by atoms with Gasteiger partial charge in [-0.15, -0.1) is 11.8 Å². The number of ether oxygens (including phenoxy) is 1. The van der Waals surface area contributed by atoms with Crippen molar-refractivity contribution in [2.45, 2.75) is 42.9 Å². The molecule has 1 atom stereocenters. The predicted molar refractivity (Wildman–Crippen MR) is 111 cm³/mol. The molecule has 1 heterocycles. The average molecular weight is 368 g/mol. The Bertz CT molecular complexity index is 773. The van der Waals surface area contributed by atoms with Gasteiger partial charge in [0.2, 0.25) is 0 Å². The van der Waals surface area contributed by atoms with Gasteiger partial charge < -0.3 is 9.64 Å². The number of thioether (sulfide) groups is 1. The molecule has 138 valence electrons. The van der Waals surface area contributed by atoms with Crippen molar-refractivity contribution in [2.75, 3.05) is 33.0 Å². The highest BCUT2D eigenvalue weighted by Crippen LogP contribution is 2.37. The Morgan fingerprint density at radius 3 is 3.00 bits per heavy atom. The van der Waals surface area contributed by atoms with E-state index in [0.29, 0.717) is 5.92 Å². The van der Waals surface area contributed by atoms with Crippen LogP contribution in [0, 0.1) is 0 Å². The molecule has 0 amide bonds. The van der Waals surface area contributed by atoms with Crippen LogP contribution in [0.2, 0.25) is 0 Å². The van der Waals surface area contributed by atoms with Crippen molar-refractivity contribution in [3.8, 4) is 5.75 Å². The number of hydrogen-bond acceptors (Lipinski definition) is 3. The predicted octanol–water partition coefficient (Wildman–Crippen LogP) is 4.94. The standard InChI is InChI=1S/C23H29NOS/c1-24(13-11-17-9-10-18-12-14-26-23(18)15-17)16-19-5-3-7-21-20(19)6-4-8-22(21)25-2/h4,6,8-10,15,19H,3,5,7,11-14,16H2,1-2H3/t19-/m0/s1. The van der Waals surface area contributed by atoms with Gasteiger partial charge in [0.05, 0.1) is 7.11 Å². The van der Waals surface area contributed by atoms with Crippen molar-refractivity contribution < 1.29 is 4.74 Å². The van der Waals surface area contributed by atoms with E-state index in [9.17, 15) is 0 Å². The quantitative estimate of drug-likeness (QED) is 0.718. The number of rotatable bonds is 6. The smallest absolute Gasteiger partial charge is 0.122 e. The highest BCUT2D eigenvalue weighted by Gasteiger charge is 2.23. The maximum absolute atomic E-state index is 5.59. The number of hydrogen-bond donors (Lipinski definition) is 0. The zero-order valence-electron chi connectivity index (χ0n) is 16.0. The monoisotopic (exact) mass is 367 g/mol. The maximum Gasteiger partial charge on any atom is 0.122 e. The lowest BCUT2D eigenvalue weighted by molar-refractivity contribution is 0.299. The second-order valence-corrected chi connectivity index (χ2v) is 8.81. The van der Waals surface area contributed by atoms with Crippen LogP contribution >= 0.6 is 11.8 Å². The van der Waals surface area contributed by atoms with Crippen LogP contribution in [0.25, 0.3) is 0 Å². The Hall–Kier alpha value is -1.45. The Balaban J connectivity index is 1.38. The maximum atomic E-state index is 5.59. The van der Waals surface area contributed by atoms with Gasteiger partial charge >= 0.3 is 0 Å². The van der Waals surface area contributed by atoms with Gasteiger partial charge in [-0.05, 0) is 79.5 Å². The lowest BCUT2D eigenvalue weighted by Crippen LogP contribution is -2.28. The van der Waals surface area contributed by atoms with Crippen LogP contribution in [0.15, 0.2) is 41.3 Å². The van der Waals surface area contributed by atoms with E-state index in [1.54, 1.807) is 12.7 Å². The molecule has 2 aromatic rings. The van der Waals surface area contributed by atoms with Gasteiger partial charge in [0.15, 0.2) is 0 Å². The largest absolute Gasteiger partial charge is 0.496 e. The number of benzene rings is 2. The molecule has 0 saturated heterocycles. The minimum Gasteiger partial charge on any atom is -0.496 e. The van der Waals surface area contributed by atoms with E-state index in [1.807, 2.05) is 11.8 Å². The normalized spacial score (nSPS) is 18.7. The molecule has 0 fully saturated rings. The SMILES string of the molecule is COc1cccc2c1CCC[C@H]2CN(C)CCc1ccc2c(c1)SCC2. The minimum absolute atomic E-state index is 0.634. The van der Waals surface area contributed by atoms with Gasteiger partial charge in [-0.2, -0.15) is 0 Å². The van der Waals surface area contributed by atoms with Crippen LogP contribution in [0.3, 0.4) is 0 Å². The first-order chi connectivity index (χ1) is 12.7. The summed E-state index contributed by atoms with van der Waals surface area (Å²) in [6.07, 6.45) is 6.10. The molecular weight excluding hydrogens is 338 g/mol. The Labute approximate surface area is 161 Å². The molecule has 2 aliphatic rings. The van der Waals surface area contributed by atoms with Gasteiger partial charge in [-0.1, -0.05) is 24.3 Å². The lowest BCUT2D eigenvalue weighted by Gasteiger charge is -2.30. The van der Waals surface area contributed by atoms with Gasteiger partial charge in [0.1, 0.15) is 5.75 Å². The summed E-state index contributed by atoms with van der Waals surface area (Å²) < 4.78 is 5.59. The van der Waals surface area contributed by atoms with Crippen LogP contribution in [0.4, 0.5) is 0 Å². The first-order valence-electron chi connectivity index (χ1n) is 9.83. The van der Waals surface area contributed by atoms with Crippen molar-refractivity contribution in [3.63, 3.8) is 0 Å². The second-order valence-electron chi connectivity index (χ2n) is 7.67. The summed E-state index contributed by atoms with van der Waals surface area (Å²) in [5.74, 6) is 2.96. The van der Waals surface area contributed by atoms with Crippen LogP contribution in [0.5, 0.6) is 5.75 Å². The summed E-state index contributed by atoms with van der Waals surface area (Å²) >= 11 is 2.02. The van der Waals surface area contributed by atoms with E-state index in [2.05, 4.69) is 48.3 Å². The van der Waals surface area contributed by atoms with Gasteiger partial charge in [-0.25, -0.2) is 0 Å². The molecule has 1 aliphatic heterocycles. The molecular formula is C23H29NOS. The molecule has 26 heavy (non-hydrogen) atoms. The third-order valence-electron chi connectivity index (χ3n) is 5.88. The van der Waals surface area contributed by atoms with E-state index in [0.717, 1.165) is 31.7 Å². The minimum atomic E-state index is 0.634. The number of fused-ring (bicyclic) bond motifs is 2. The first kappa shape index (κ1) is 17.9. The summed E-state index contributed by atoms with van der Waals surface area (Å²) in [5, 5.41) is 0. The van der Waals surface area contributed by atoms with E-state index in [4.69, 9.17) is 4.74 Å². The summed E-state index contributed by atoms with van der Waals surface area (Å²) in [4.78, 5) is 4.03. The summed E-state index contributed by atoms with van der Waals surface area (Å²) in [5.41, 5.74) is 5.97. The molecule has 2 nitrogen and oxygen atoms in total. The summed E-state index contributed by atoms with van der Waals surface area (Å²) in [6, 6.07) is 13.7. The van der Waals surface area contributed by atoms with Crippen LogP contribution in [-0.4, -0.2) is 37.9 Å². The third-order valence-corrected chi connectivity index (χ3v) is 6.98. The first-order valence-corrected chi connectivity index (χ1v) is 10.8. The topological polar surface area (TPSA) is 12.5 Å². The Kier molecular flexibility index (Phi) is 5.56. The molecule has 0 unspecified atom stereocenters. The lowest BCUT2D eigenvalue weighted by atomic mass is 9.82. The van der Waals surface area contributed by atoms with E-state index in [1.165, 1.54) is 46.6 Å². The van der Waals surface area contributed by atoms with Crippen LogP contribution in [-0.2, 0) is 19.3 Å². The van der Waals surface area contributed by atoms with E-state index < -0.39 is 0 Å². The fourth-order valence-corrected chi connectivity index (χ4v) is 5.58.